The molecule has 1 atom stereocenters. The Balaban J connectivity index is 2.43. The van der Waals surface area contributed by atoms with Crippen LogP contribution in [0.25, 0.3) is 0 Å². The molecule has 1 aliphatic rings. The van der Waals surface area contributed by atoms with Crippen LogP contribution in [0.15, 0.2) is 0 Å². The van der Waals surface area contributed by atoms with Gasteiger partial charge in [0.1, 0.15) is 0 Å². The highest BCUT2D eigenvalue weighted by molar-refractivity contribution is 4.88. The molecule has 13 heavy (non-hydrogen) atoms. The molecular weight excluding hydrogens is 164 g/mol. The molecule has 3 nitrogen and oxygen atoms in total. The van der Waals surface area contributed by atoms with Gasteiger partial charge in [-0.3, -0.25) is 0 Å². The number of hydrogen-bond acceptors (Lipinski definition) is 3. The average molecular weight is 186 g/mol. The van der Waals surface area contributed by atoms with E-state index in [1.807, 2.05) is 0 Å². The predicted octanol–water partition coefficient (Wildman–Crippen LogP) is 0.836. The second-order valence-corrected chi connectivity index (χ2v) is 4.30. The summed E-state index contributed by atoms with van der Waals surface area (Å²) in [5, 5.41) is 0. The van der Waals surface area contributed by atoms with Crippen LogP contribution in [0.5, 0.6) is 0 Å². The molecule has 0 saturated carbocycles. The fraction of sp³-hybridized carbons (Fsp3) is 1.00. The fourth-order valence-corrected chi connectivity index (χ4v) is 2.06. The molecule has 1 unspecified atom stereocenters. The van der Waals surface area contributed by atoms with Crippen LogP contribution < -0.4 is 5.73 Å². The zero-order valence-corrected chi connectivity index (χ0v) is 8.88. The third-order valence-electron chi connectivity index (χ3n) is 2.85. The predicted molar refractivity (Wildman–Crippen MR) is 54.8 cm³/mol. The summed E-state index contributed by atoms with van der Waals surface area (Å²) in [4.78, 5) is 2.34. The van der Waals surface area contributed by atoms with E-state index in [4.69, 9.17) is 10.5 Å². The van der Waals surface area contributed by atoms with Gasteiger partial charge in [-0.25, -0.2) is 0 Å². The number of likely N-dealkylation sites (N-methyl/N-ethyl adjacent to an activating group) is 1. The highest BCUT2D eigenvalue weighted by atomic mass is 16.5. The van der Waals surface area contributed by atoms with Crippen LogP contribution >= 0.6 is 0 Å². The van der Waals surface area contributed by atoms with Gasteiger partial charge in [0.15, 0.2) is 0 Å². The zero-order valence-electron chi connectivity index (χ0n) is 8.88. The molecule has 0 aliphatic carbocycles. The van der Waals surface area contributed by atoms with Crippen LogP contribution in [-0.2, 0) is 4.74 Å². The van der Waals surface area contributed by atoms with Gasteiger partial charge in [-0.15, -0.1) is 0 Å². The van der Waals surface area contributed by atoms with Gasteiger partial charge in [0.05, 0.1) is 0 Å². The van der Waals surface area contributed by atoms with Crippen LogP contribution in [-0.4, -0.2) is 44.3 Å². The number of nitrogens with zero attached hydrogens (tertiary/aromatic N) is 1. The minimum atomic E-state index is -0.0126. The molecule has 0 radical (unpaired) electrons. The van der Waals surface area contributed by atoms with Crippen molar-refractivity contribution in [2.75, 3.05) is 33.9 Å². The van der Waals surface area contributed by atoms with Gasteiger partial charge in [-0.2, -0.15) is 0 Å². The summed E-state index contributed by atoms with van der Waals surface area (Å²) in [7, 11) is 3.89. The molecule has 2 N–H and O–H groups in total. The van der Waals surface area contributed by atoms with E-state index in [0.717, 1.165) is 26.0 Å². The lowest BCUT2D eigenvalue weighted by molar-refractivity contribution is 0.151. The molecule has 1 heterocycles. The molecule has 1 rings (SSSR count). The SMILES string of the molecule is COCCC1(N)CCCCN(C)C1. The molecule has 1 saturated heterocycles. The maximum Gasteiger partial charge on any atom is 0.0480 e. The van der Waals surface area contributed by atoms with E-state index in [9.17, 15) is 0 Å². The Labute approximate surface area is 81.2 Å². The van der Waals surface area contributed by atoms with E-state index in [1.54, 1.807) is 7.11 Å². The minimum absolute atomic E-state index is 0.0126. The van der Waals surface area contributed by atoms with Crippen LogP contribution in [0.3, 0.4) is 0 Å². The number of likely N-dealkylation sites (tertiary alicyclic amines) is 1. The van der Waals surface area contributed by atoms with Crippen molar-refractivity contribution in [2.45, 2.75) is 31.2 Å². The molecule has 0 aromatic heterocycles. The van der Waals surface area contributed by atoms with E-state index in [0.29, 0.717) is 0 Å². The Hall–Kier alpha value is -0.120. The first kappa shape index (κ1) is 11.0. The van der Waals surface area contributed by atoms with Gasteiger partial charge < -0.3 is 15.4 Å². The Kier molecular flexibility index (Phi) is 4.16. The lowest BCUT2D eigenvalue weighted by Crippen LogP contribution is -2.48. The summed E-state index contributed by atoms with van der Waals surface area (Å²) in [5.41, 5.74) is 6.30. The highest BCUT2D eigenvalue weighted by Gasteiger charge is 2.27. The van der Waals surface area contributed by atoms with Gasteiger partial charge in [0.25, 0.3) is 0 Å². The van der Waals surface area contributed by atoms with Gasteiger partial charge >= 0.3 is 0 Å². The third-order valence-corrected chi connectivity index (χ3v) is 2.85. The maximum absolute atomic E-state index is 6.31. The maximum atomic E-state index is 6.31. The van der Waals surface area contributed by atoms with Crippen molar-refractivity contribution in [3.05, 3.63) is 0 Å². The Morgan fingerprint density at radius 1 is 1.46 bits per heavy atom. The van der Waals surface area contributed by atoms with Crippen molar-refractivity contribution < 1.29 is 4.74 Å². The van der Waals surface area contributed by atoms with Gasteiger partial charge in [-0.1, -0.05) is 6.42 Å². The molecule has 0 aromatic rings. The molecule has 0 amide bonds. The van der Waals surface area contributed by atoms with Crippen molar-refractivity contribution >= 4 is 0 Å². The van der Waals surface area contributed by atoms with Crippen LogP contribution in [0, 0.1) is 0 Å². The summed E-state index contributed by atoms with van der Waals surface area (Å²) < 4.78 is 5.09. The monoisotopic (exact) mass is 186 g/mol. The normalized spacial score (nSPS) is 31.6. The first-order valence-corrected chi connectivity index (χ1v) is 5.13. The molecule has 0 bridgehead atoms. The molecule has 0 spiro atoms. The number of rotatable bonds is 3. The molecule has 78 valence electrons. The van der Waals surface area contributed by atoms with Crippen LogP contribution in [0.2, 0.25) is 0 Å². The van der Waals surface area contributed by atoms with E-state index in [1.165, 1.54) is 19.4 Å². The van der Waals surface area contributed by atoms with Crippen molar-refractivity contribution in [1.29, 1.82) is 0 Å². The molecule has 3 heteroatoms. The topological polar surface area (TPSA) is 38.5 Å². The summed E-state index contributed by atoms with van der Waals surface area (Å²) in [6.45, 7) is 2.98. The standard InChI is InChI=1S/C10H22N2O/c1-12-7-4-3-5-10(11,9-12)6-8-13-2/h3-9,11H2,1-2H3. The lowest BCUT2D eigenvalue weighted by Gasteiger charge is -2.30. The van der Waals surface area contributed by atoms with Gasteiger partial charge in [0, 0.05) is 25.8 Å². The molecule has 1 fully saturated rings. The van der Waals surface area contributed by atoms with Crippen molar-refractivity contribution in [3.63, 3.8) is 0 Å². The van der Waals surface area contributed by atoms with Gasteiger partial charge in [-0.05, 0) is 32.9 Å². The second-order valence-electron chi connectivity index (χ2n) is 4.30. The van der Waals surface area contributed by atoms with Crippen molar-refractivity contribution in [3.8, 4) is 0 Å². The van der Waals surface area contributed by atoms with E-state index in [-0.39, 0.29) is 5.54 Å². The third kappa shape index (κ3) is 3.63. The quantitative estimate of drug-likeness (QED) is 0.709. The summed E-state index contributed by atoms with van der Waals surface area (Å²) in [5.74, 6) is 0. The highest BCUT2D eigenvalue weighted by Crippen LogP contribution is 2.20. The van der Waals surface area contributed by atoms with Crippen molar-refractivity contribution in [1.82, 2.24) is 4.90 Å². The average Bonchev–Trinajstić information content (AvgIpc) is 2.24. The number of hydrogen-bond donors (Lipinski definition) is 1. The number of ether oxygens (including phenoxy) is 1. The van der Waals surface area contributed by atoms with E-state index >= 15 is 0 Å². The smallest absolute Gasteiger partial charge is 0.0480 e. The first-order valence-electron chi connectivity index (χ1n) is 5.13. The summed E-state index contributed by atoms with van der Waals surface area (Å²) in [6, 6.07) is 0. The largest absolute Gasteiger partial charge is 0.385 e. The van der Waals surface area contributed by atoms with E-state index < -0.39 is 0 Å². The second kappa shape index (κ2) is 4.94. The van der Waals surface area contributed by atoms with Crippen LogP contribution in [0.1, 0.15) is 25.7 Å². The van der Waals surface area contributed by atoms with Crippen LogP contribution in [0.4, 0.5) is 0 Å². The molecule has 1 aliphatic heterocycles. The van der Waals surface area contributed by atoms with E-state index in [2.05, 4.69) is 11.9 Å². The Bertz CT molecular complexity index is 152. The summed E-state index contributed by atoms with van der Waals surface area (Å²) in [6.07, 6.45) is 4.65. The first-order chi connectivity index (χ1) is 6.16. The Morgan fingerprint density at radius 3 is 2.92 bits per heavy atom. The van der Waals surface area contributed by atoms with Gasteiger partial charge in [0.2, 0.25) is 0 Å². The molecule has 0 aromatic carbocycles. The lowest BCUT2D eigenvalue weighted by atomic mass is 9.91. The van der Waals surface area contributed by atoms with Crippen molar-refractivity contribution in [2.24, 2.45) is 5.73 Å². The summed E-state index contributed by atoms with van der Waals surface area (Å²) >= 11 is 0. The Morgan fingerprint density at radius 2 is 2.23 bits per heavy atom. The number of nitrogens with two attached hydrogens (primary N) is 1. The number of methoxy groups -OCH3 is 1. The zero-order chi connectivity index (χ0) is 9.73. The minimum Gasteiger partial charge on any atom is -0.385 e. The fourth-order valence-electron chi connectivity index (χ4n) is 2.06. The molecular formula is C10H22N2O.